The maximum Gasteiger partial charge on any atom is 0.282 e. The van der Waals surface area contributed by atoms with Crippen molar-refractivity contribution in [1.29, 1.82) is 0 Å². The van der Waals surface area contributed by atoms with Crippen LogP contribution in [0.5, 0.6) is 0 Å². The number of hydrogen-bond donors (Lipinski definition) is 1. The van der Waals surface area contributed by atoms with Crippen LogP contribution in [0.2, 0.25) is 10.0 Å². The summed E-state index contributed by atoms with van der Waals surface area (Å²) in [6.07, 6.45) is 6.75. The SMILES string of the molecule is CC(C)(C)NS(=O)(=O)c1ccc(-c2sc(C(=O)N3CCSCC3)nc2CC2CCCCC2)c(Cl)c1Cl. The van der Waals surface area contributed by atoms with Crippen LogP contribution in [0.3, 0.4) is 0 Å². The first kappa shape index (κ1) is 28.2. The lowest BCUT2D eigenvalue weighted by Crippen LogP contribution is -2.40. The number of amides is 1. The Hall–Kier alpha value is -0.840. The molecule has 0 radical (unpaired) electrons. The van der Waals surface area contributed by atoms with Crippen LogP contribution in [0.1, 0.15) is 68.4 Å². The van der Waals surface area contributed by atoms with Crippen LogP contribution in [0.4, 0.5) is 0 Å². The van der Waals surface area contributed by atoms with Gasteiger partial charge in [0.25, 0.3) is 5.91 Å². The number of hydrogen-bond acceptors (Lipinski definition) is 6. The van der Waals surface area contributed by atoms with E-state index < -0.39 is 15.6 Å². The van der Waals surface area contributed by atoms with Crippen molar-refractivity contribution in [2.45, 2.75) is 69.7 Å². The lowest BCUT2D eigenvalue weighted by Gasteiger charge is -2.25. The standard InChI is InChI=1S/C25H33Cl2N3O3S3/c1-25(2,3)29-36(32,33)19-10-9-17(20(26)21(19)27)22-18(15-16-7-5-4-6-8-16)28-23(35-22)24(31)30-11-13-34-14-12-30/h9-10,16,29H,4-8,11-15H2,1-3H3. The second-order valence-electron chi connectivity index (χ2n) is 10.5. The summed E-state index contributed by atoms with van der Waals surface area (Å²) in [5.74, 6) is 2.32. The first-order valence-corrected chi connectivity index (χ1v) is 16.6. The first-order chi connectivity index (χ1) is 17.0. The molecular weight excluding hydrogens is 557 g/mol. The normalized spacial score (nSPS) is 18.0. The third-order valence-corrected chi connectivity index (χ3v) is 11.3. The van der Waals surface area contributed by atoms with Crippen LogP contribution in [0, 0.1) is 5.92 Å². The molecule has 0 unspecified atom stereocenters. The van der Waals surface area contributed by atoms with Crippen molar-refractivity contribution in [2.24, 2.45) is 5.92 Å². The molecule has 2 aliphatic rings. The van der Waals surface area contributed by atoms with Gasteiger partial charge < -0.3 is 4.90 Å². The molecule has 2 fully saturated rings. The topological polar surface area (TPSA) is 79.4 Å². The maximum absolute atomic E-state index is 13.3. The zero-order chi connectivity index (χ0) is 26.1. The molecule has 1 aromatic carbocycles. The van der Waals surface area contributed by atoms with E-state index in [9.17, 15) is 13.2 Å². The molecule has 0 atom stereocenters. The van der Waals surface area contributed by atoms with Crippen LogP contribution < -0.4 is 4.72 Å². The van der Waals surface area contributed by atoms with E-state index in [1.165, 1.54) is 36.7 Å². The van der Waals surface area contributed by atoms with Crippen LogP contribution in [0.15, 0.2) is 17.0 Å². The Morgan fingerprint density at radius 1 is 1.11 bits per heavy atom. The van der Waals surface area contributed by atoms with Crippen molar-refractivity contribution in [2.75, 3.05) is 24.6 Å². The molecule has 6 nitrogen and oxygen atoms in total. The summed E-state index contributed by atoms with van der Waals surface area (Å²) < 4.78 is 28.5. The Bertz CT molecular complexity index is 1210. The smallest absolute Gasteiger partial charge is 0.282 e. The molecule has 36 heavy (non-hydrogen) atoms. The van der Waals surface area contributed by atoms with Crippen LogP contribution >= 0.6 is 46.3 Å². The fraction of sp³-hybridized carbons (Fsp3) is 0.600. The highest BCUT2D eigenvalue weighted by molar-refractivity contribution is 7.99. The Morgan fingerprint density at radius 3 is 2.42 bits per heavy atom. The number of thiazole rings is 1. The van der Waals surface area contributed by atoms with Gasteiger partial charge in [-0.15, -0.1) is 11.3 Å². The van der Waals surface area contributed by atoms with Gasteiger partial charge in [0.05, 0.1) is 20.6 Å². The van der Waals surface area contributed by atoms with Crippen molar-refractivity contribution in [3.8, 4) is 10.4 Å². The fourth-order valence-electron chi connectivity index (χ4n) is 4.73. The summed E-state index contributed by atoms with van der Waals surface area (Å²) in [4.78, 5) is 20.7. The van der Waals surface area contributed by atoms with Gasteiger partial charge in [0.2, 0.25) is 10.0 Å². The quantitative estimate of drug-likeness (QED) is 0.415. The van der Waals surface area contributed by atoms with Gasteiger partial charge in [0.1, 0.15) is 4.90 Å². The molecule has 1 saturated heterocycles. The molecule has 2 heterocycles. The molecule has 1 aliphatic heterocycles. The van der Waals surface area contributed by atoms with E-state index in [0.717, 1.165) is 54.4 Å². The van der Waals surface area contributed by atoms with Gasteiger partial charge in [-0.3, -0.25) is 4.79 Å². The monoisotopic (exact) mass is 589 g/mol. The highest BCUT2D eigenvalue weighted by Gasteiger charge is 2.30. The summed E-state index contributed by atoms with van der Waals surface area (Å²) in [7, 11) is -3.87. The van der Waals surface area contributed by atoms with Gasteiger partial charge >= 0.3 is 0 Å². The van der Waals surface area contributed by atoms with E-state index in [-0.39, 0.29) is 20.8 Å². The van der Waals surface area contributed by atoms with Crippen LogP contribution in [0.25, 0.3) is 10.4 Å². The largest absolute Gasteiger partial charge is 0.335 e. The molecule has 1 aromatic heterocycles. The van der Waals surface area contributed by atoms with E-state index in [4.69, 9.17) is 28.2 Å². The Labute approximate surface area is 232 Å². The third-order valence-electron chi connectivity index (χ3n) is 6.41. The van der Waals surface area contributed by atoms with Gasteiger partial charge in [0.15, 0.2) is 5.01 Å². The van der Waals surface area contributed by atoms with Crippen molar-refractivity contribution in [1.82, 2.24) is 14.6 Å². The second kappa shape index (κ2) is 11.5. The number of nitrogens with one attached hydrogen (secondary N) is 1. The molecule has 198 valence electrons. The predicted molar refractivity (Wildman–Crippen MR) is 151 cm³/mol. The zero-order valence-corrected chi connectivity index (χ0v) is 24.9. The number of aromatic nitrogens is 1. The number of carbonyl (C=O) groups excluding carboxylic acids is 1. The lowest BCUT2D eigenvalue weighted by molar-refractivity contribution is 0.0771. The summed E-state index contributed by atoms with van der Waals surface area (Å²) in [5, 5.41) is 0.597. The molecule has 1 aliphatic carbocycles. The first-order valence-electron chi connectivity index (χ1n) is 12.4. The van der Waals surface area contributed by atoms with Crippen molar-refractivity contribution < 1.29 is 13.2 Å². The molecule has 0 bridgehead atoms. The maximum atomic E-state index is 13.3. The zero-order valence-electron chi connectivity index (χ0n) is 20.9. The molecular formula is C25H33Cl2N3O3S3. The number of benzene rings is 1. The summed E-state index contributed by atoms with van der Waals surface area (Å²) in [6, 6.07) is 3.18. The minimum atomic E-state index is -3.87. The highest BCUT2D eigenvalue weighted by Crippen LogP contribution is 2.43. The molecule has 1 N–H and O–H groups in total. The minimum Gasteiger partial charge on any atom is -0.335 e. The average molecular weight is 591 g/mol. The third kappa shape index (κ3) is 6.59. The Kier molecular flexibility index (Phi) is 9.00. The van der Waals surface area contributed by atoms with Gasteiger partial charge in [-0.05, 0) is 39.2 Å². The van der Waals surface area contributed by atoms with Crippen molar-refractivity contribution in [3.63, 3.8) is 0 Å². The van der Waals surface area contributed by atoms with E-state index in [2.05, 4.69) is 4.72 Å². The Morgan fingerprint density at radius 2 is 1.78 bits per heavy atom. The summed E-state index contributed by atoms with van der Waals surface area (Å²) >= 11 is 16.5. The van der Waals surface area contributed by atoms with E-state index >= 15 is 0 Å². The van der Waals surface area contributed by atoms with Gasteiger partial charge in [-0.1, -0.05) is 61.4 Å². The van der Waals surface area contributed by atoms with Crippen molar-refractivity contribution >= 4 is 62.2 Å². The molecule has 11 heteroatoms. The minimum absolute atomic E-state index is 0.0242. The summed E-state index contributed by atoms with van der Waals surface area (Å²) in [5.41, 5.74) is 0.802. The molecule has 2 aromatic rings. The lowest BCUT2D eigenvalue weighted by atomic mass is 9.85. The van der Waals surface area contributed by atoms with Crippen molar-refractivity contribution in [3.05, 3.63) is 32.9 Å². The predicted octanol–water partition coefficient (Wildman–Crippen LogP) is 6.51. The number of sulfonamides is 1. The van der Waals surface area contributed by atoms with Crippen LogP contribution in [-0.2, 0) is 16.4 Å². The second-order valence-corrected chi connectivity index (χ2v) is 15.1. The van der Waals surface area contributed by atoms with E-state index in [0.29, 0.717) is 16.5 Å². The highest BCUT2D eigenvalue weighted by atomic mass is 35.5. The Balaban J connectivity index is 1.73. The average Bonchev–Trinajstić information content (AvgIpc) is 3.23. The van der Waals surface area contributed by atoms with Gasteiger partial charge in [0, 0.05) is 35.7 Å². The van der Waals surface area contributed by atoms with Gasteiger partial charge in [-0.2, -0.15) is 11.8 Å². The number of carbonyl (C=O) groups is 1. The number of nitrogens with zero attached hydrogens (tertiary/aromatic N) is 2. The van der Waals surface area contributed by atoms with Gasteiger partial charge in [-0.25, -0.2) is 18.1 Å². The van der Waals surface area contributed by atoms with Crippen LogP contribution in [-0.4, -0.2) is 54.3 Å². The molecule has 0 spiro atoms. The number of halogens is 2. The summed E-state index contributed by atoms with van der Waals surface area (Å²) in [6.45, 7) is 6.74. The molecule has 4 rings (SSSR count). The molecule has 1 amide bonds. The fourth-order valence-corrected chi connectivity index (χ4v) is 9.07. The van der Waals surface area contributed by atoms with E-state index in [1.54, 1.807) is 26.8 Å². The molecule has 1 saturated carbocycles. The van der Waals surface area contributed by atoms with E-state index in [1.807, 2.05) is 16.7 Å². The number of thioether (sulfide) groups is 1. The number of rotatable bonds is 6.